The minimum atomic E-state index is -0.00709. The lowest BCUT2D eigenvalue weighted by Gasteiger charge is -2.38. The zero-order chi connectivity index (χ0) is 21.5. The molecule has 1 aromatic carbocycles. The fraction of sp³-hybridized carbons (Fsp3) is 0.652. The van der Waals surface area contributed by atoms with Gasteiger partial charge in [-0.2, -0.15) is 0 Å². The molecule has 2 aliphatic rings. The van der Waals surface area contributed by atoms with Gasteiger partial charge in [-0.3, -0.25) is 19.4 Å². The number of aliphatic hydroxyl groups is 1. The van der Waals surface area contributed by atoms with Crippen LogP contribution in [0.2, 0.25) is 0 Å². The summed E-state index contributed by atoms with van der Waals surface area (Å²) in [5.41, 5.74) is 3.03. The molecule has 1 atom stereocenters. The van der Waals surface area contributed by atoms with Gasteiger partial charge in [-0.1, -0.05) is 24.6 Å². The van der Waals surface area contributed by atoms with E-state index in [0.717, 1.165) is 42.6 Å². The number of nitrogens with zero attached hydrogens (tertiary/aromatic N) is 3. The molecular weight excluding hydrogens is 380 g/mol. The number of hydrogen-bond donors (Lipinski definition) is 2. The molecule has 2 saturated heterocycles. The first-order valence-corrected chi connectivity index (χ1v) is 11.2. The number of carbonyl (C=O) groups is 2. The maximum absolute atomic E-state index is 12.8. The van der Waals surface area contributed by atoms with Crippen molar-refractivity contribution in [1.82, 2.24) is 14.7 Å². The van der Waals surface area contributed by atoms with E-state index in [1.54, 1.807) is 0 Å². The number of likely N-dealkylation sites (tertiary alicyclic amines) is 1. The lowest BCUT2D eigenvalue weighted by molar-refractivity contribution is -0.135. The predicted molar refractivity (Wildman–Crippen MR) is 118 cm³/mol. The Labute approximate surface area is 180 Å². The summed E-state index contributed by atoms with van der Waals surface area (Å²) in [6.07, 6.45) is 4.12. The molecule has 2 fully saturated rings. The van der Waals surface area contributed by atoms with Gasteiger partial charge in [-0.15, -0.1) is 0 Å². The molecule has 0 aromatic heterocycles. The maximum atomic E-state index is 12.8. The van der Waals surface area contributed by atoms with Crippen LogP contribution in [-0.4, -0.2) is 90.1 Å². The second-order valence-corrected chi connectivity index (χ2v) is 8.60. The van der Waals surface area contributed by atoms with Crippen LogP contribution in [0.1, 0.15) is 36.8 Å². The van der Waals surface area contributed by atoms with E-state index in [1.807, 2.05) is 36.9 Å². The summed E-state index contributed by atoms with van der Waals surface area (Å²) < 4.78 is 0. The SMILES string of the molecule is Cc1cccc(C)c1NC(=O)CN1CCN(C(=O)CN2CCCCC2CCO)CC1. The number of carbonyl (C=O) groups excluding carboxylic acids is 2. The highest BCUT2D eigenvalue weighted by molar-refractivity contribution is 5.93. The van der Waals surface area contributed by atoms with Crippen molar-refractivity contribution >= 4 is 17.5 Å². The first-order valence-electron chi connectivity index (χ1n) is 11.2. The molecule has 7 nitrogen and oxygen atoms in total. The molecule has 2 aliphatic heterocycles. The van der Waals surface area contributed by atoms with Crippen LogP contribution >= 0.6 is 0 Å². The molecule has 2 amide bonds. The molecule has 2 heterocycles. The molecule has 0 spiro atoms. The molecule has 1 unspecified atom stereocenters. The molecule has 1 aromatic rings. The van der Waals surface area contributed by atoms with Gasteiger partial charge < -0.3 is 15.3 Å². The van der Waals surface area contributed by atoms with Crippen LogP contribution in [0.4, 0.5) is 5.69 Å². The molecule has 3 rings (SSSR count). The topological polar surface area (TPSA) is 76.1 Å². The predicted octanol–water partition coefficient (Wildman–Crippen LogP) is 1.62. The Hall–Kier alpha value is -1.96. The van der Waals surface area contributed by atoms with Crippen LogP contribution in [-0.2, 0) is 9.59 Å². The number of rotatable bonds is 7. The summed E-state index contributed by atoms with van der Waals surface area (Å²) >= 11 is 0. The largest absolute Gasteiger partial charge is 0.396 e. The zero-order valence-corrected chi connectivity index (χ0v) is 18.4. The molecule has 166 valence electrons. The van der Waals surface area contributed by atoms with Gasteiger partial charge in [0.2, 0.25) is 11.8 Å². The van der Waals surface area contributed by atoms with Crippen LogP contribution in [0.15, 0.2) is 18.2 Å². The number of aryl methyl sites for hydroxylation is 2. The zero-order valence-electron chi connectivity index (χ0n) is 18.4. The van der Waals surface area contributed by atoms with Crippen LogP contribution in [0.25, 0.3) is 0 Å². The van der Waals surface area contributed by atoms with Gasteiger partial charge in [-0.05, 0) is 50.8 Å². The van der Waals surface area contributed by atoms with Gasteiger partial charge in [0.1, 0.15) is 0 Å². The summed E-state index contributed by atoms with van der Waals surface area (Å²) in [5.74, 6) is 0.159. The van der Waals surface area contributed by atoms with Crippen molar-refractivity contribution in [3.8, 4) is 0 Å². The molecular formula is C23H36N4O3. The fourth-order valence-electron chi connectivity index (χ4n) is 4.57. The molecule has 2 N–H and O–H groups in total. The molecule has 0 radical (unpaired) electrons. The van der Waals surface area contributed by atoms with Crippen LogP contribution < -0.4 is 5.32 Å². The second kappa shape index (κ2) is 10.9. The van der Waals surface area contributed by atoms with Crippen molar-refractivity contribution in [2.45, 2.75) is 45.6 Å². The van der Waals surface area contributed by atoms with Crippen LogP contribution in [0.5, 0.6) is 0 Å². The number of amides is 2. The lowest BCUT2D eigenvalue weighted by atomic mass is 9.99. The smallest absolute Gasteiger partial charge is 0.238 e. The average Bonchev–Trinajstić information content (AvgIpc) is 2.73. The molecule has 7 heteroatoms. The molecule has 30 heavy (non-hydrogen) atoms. The summed E-state index contributed by atoms with van der Waals surface area (Å²) in [6.45, 7) is 8.66. The van der Waals surface area contributed by atoms with Crippen LogP contribution in [0, 0.1) is 13.8 Å². The highest BCUT2D eigenvalue weighted by Gasteiger charge is 2.28. The minimum absolute atomic E-state index is 0.00709. The van der Waals surface area contributed by atoms with Crippen molar-refractivity contribution < 1.29 is 14.7 Å². The van der Waals surface area contributed by atoms with Crippen molar-refractivity contribution in [2.24, 2.45) is 0 Å². The quantitative estimate of drug-likeness (QED) is 0.707. The highest BCUT2D eigenvalue weighted by atomic mass is 16.3. The van der Waals surface area contributed by atoms with E-state index in [9.17, 15) is 14.7 Å². The molecule has 0 bridgehead atoms. The van der Waals surface area contributed by atoms with Crippen molar-refractivity contribution in [3.05, 3.63) is 29.3 Å². The monoisotopic (exact) mass is 416 g/mol. The first kappa shape index (κ1) is 22.7. The summed E-state index contributed by atoms with van der Waals surface area (Å²) in [7, 11) is 0. The van der Waals surface area contributed by atoms with E-state index in [1.165, 1.54) is 6.42 Å². The Bertz CT molecular complexity index is 709. The fourth-order valence-corrected chi connectivity index (χ4v) is 4.57. The van der Waals surface area contributed by atoms with E-state index >= 15 is 0 Å². The van der Waals surface area contributed by atoms with Gasteiger partial charge in [-0.25, -0.2) is 0 Å². The van der Waals surface area contributed by atoms with Crippen molar-refractivity contribution in [3.63, 3.8) is 0 Å². The molecule has 0 aliphatic carbocycles. The Kier molecular flexibility index (Phi) is 8.24. The standard InChI is InChI=1S/C23H36N4O3/c1-18-6-5-7-19(2)23(18)24-21(29)16-25-11-13-26(14-12-25)22(30)17-27-10-4-3-8-20(27)9-15-28/h5-7,20,28H,3-4,8-17H2,1-2H3,(H,24,29). The summed E-state index contributed by atoms with van der Waals surface area (Å²) in [6, 6.07) is 6.32. The normalized spacial score (nSPS) is 20.9. The van der Waals surface area contributed by atoms with E-state index in [2.05, 4.69) is 15.1 Å². The number of para-hydroxylation sites is 1. The lowest BCUT2D eigenvalue weighted by Crippen LogP contribution is -2.53. The Morgan fingerprint density at radius 3 is 2.40 bits per heavy atom. The number of anilines is 1. The van der Waals surface area contributed by atoms with E-state index in [4.69, 9.17) is 0 Å². The maximum Gasteiger partial charge on any atom is 0.238 e. The molecule has 0 saturated carbocycles. The third-order valence-electron chi connectivity index (χ3n) is 6.39. The van der Waals surface area contributed by atoms with E-state index < -0.39 is 0 Å². The van der Waals surface area contributed by atoms with Crippen LogP contribution in [0.3, 0.4) is 0 Å². The van der Waals surface area contributed by atoms with Gasteiger partial charge in [0.25, 0.3) is 0 Å². The first-order chi connectivity index (χ1) is 14.5. The van der Waals surface area contributed by atoms with Gasteiger partial charge >= 0.3 is 0 Å². The third-order valence-corrected chi connectivity index (χ3v) is 6.39. The summed E-state index contributed by atoms with van der Waals surface area (Å²) in [5, 5.41) is 12.3. The number of piperidine rings is 1. The number of piperazine rings is 1. The third kappa shape index (κ3) is 6.03. The van der Waals surface area contributed by atoms with E-state index in [-0.39, 0.29) is 18.4 Å². The van der Waals surface area contributed by atoms with Gasteiger partial charge in [0.05, 0.1) is 13.1 Å². The minimum Gasteiger partial charge on any atom is -0.396 e. The van der Waals surface area contributed by atoms with Crippen molar-refractivity contribution in [1.29, 1.82) is 0 Å². The number of hydrogen-bond acceptors (Lipinski definition) is 5. The number of benzene rings is 1. The average molecular weight is 417 g/mol. The number of aliphatic hydroxyl groups excluding tert-OH is 1. The van der Waals surface area contributed by atoms with Crippen molar-refractivity contribution in [2.75, 3.05) is 57.7 Å². The highest BCUT2D eigenvalue weighted by Crippen LogP contribution is 2.20. The van der Waals surface area contributed by atoms with E-state index in [0.29, 0.717) is 45.3 Å². The Balaban J connectivity index is 1.44. The summed E-state index contributed by atoms with van der Waals surface area (Å²) in [4.78, 5) is 31.6. The van der Waals surface area contributed by atoms with Gasteiger partial charge in [0.15, 0.2) is 0 Å². The number of nitrogens with one attached hydrogen (secondary N) is 1. The van der Waals surface area contributed by atoms with Gasteiger partial charge in [0, 0.05) is 44.5 Å². The second-order valence-electron chi connectivity index (χ2n) is 8.60. The Morgan fingerprint density at radius 2 is 1.73 bits per heavy atom. The Morgan fingerprint density at radius 1 is 1.03 bits per heavy atom.